The van der Waals surface area contributed by atoms with Gasteiger partial charge in [0.1, 0.15) is 0 Å². The van der Waals surface area contributed by atoms with Gasteiger partial charge in [-0.3, -0.25) is 9.78 Å². The summed E-state index contributed by atoms with van der Waals surface area (Å²) in [6.45, 7) is 6.88. The second kappa shape index (κ2) is 14.0. The zero-order chi connectivity index (χ0) is 33.2. The lowest BCUT2D eigenvalue weighted by molar-refractivity contribution is -0.142. The number of hydrogen-bond acceptors (Lipinski definition) is 7. The van der Waals surface area contributed by atoms with E-state index in [9.17, 15) is 19.2 Å². The third-order valence-corrected chi connectivity index (χ3v) is 10.7. The van der Waals surface area contributed by atoms with E-state index in [-0.39, 0.29) is 24.4 Å². The Morgan fingerprint density at radius 2 is 1.60 bits per heavy atom. The highest BCUT2D eigenvalue weighted by molar-refractivity contribution is 5.91. The van der Waals surface area contributed by atoms with E-state index in [4.69, 9.17) is 9.15 Å². The normalized spacial score (nSPS) is 20.7. The molecule has 48 heavy (non-hydrogen) atoms. The molecule has 0 aliphatic carbocycles. The van der Waals surface area contributed by atoms with E-state index in [1.165, 1.54) is 19.3 Å². The molecule has 7 rings (SSSR count). The molecule has 3 saturated heterocycles. The standard InChI is InChI=1S/C36H46N6O6/c1-24-21-25(22-30-32(24)38-35(45)47-30)23-31(33(43)40-16-10-27(11-17-40)39-14-5-2-6-15-39)48-36(46)41-18-12-28(13-19-41)42-20-9-26-7-3-4-8-29(26)37-34(42)44/h3-4,7-8,21-22,27-28,31H,2,5-6,9-20,23H2,1H3,(H,37,44)(H,38,45)/t31-/m1/s1. The van der Waals surface area contributed by atoms with Gasteiger partial charge in [0.05, 0.1) is 5.52 Å². The van der Waals surface area contributed by atoms with Gasteiger partial charge in [0.15, 0.2) is 11.7 Å². The van der Waals surface area contributed by atoms with E-state index in [0.29, 0.717) is 62.7 Å². The van der Waals surface area contributed by atoms with Gasteiger partial charge in [-0.2, -0.15) is 0 Å². The SMILES string of the molecule is Cc1cc(C[C@@H](OC(=O)N2CCC(N3CCc4ccccc4NC3=O)CC2)C(=O)N2CCC(N3CCCCC3)CC2)cc2oc(=O)[nH]c12. The monoisotopic (exact) mass is 658 g/mol. The maximum Gasteiger partial charge on any atom is 0.417 e. The molecule has 12 heteroatoms. The number of oxazole rings is 1. The summed E-state index contributed by atoms with van der Waals surface area (Å²) >= 11 is 0. The Bertz CT molecular complexity index is 1700. The second-order valence-corrected chi connectivity index (χ2v) is 13.8. The minimum absolute atomic E-state index is 0.00713. The number of benzene rings is 2. The molecular weight excluding hydrogens is 612 g/mol. The van der Waals surface area contributed by atoms with Crippen molar-refractivity contribution in [3.8, 4) is 0 Å². The molecule has 4 amide bonds. The summed E-state index contributed by atoms with van der Waals surface area (Å²) in [5.41, 5.74) is 4.57. The highest BCUT2D eigenvalue weighted by atomic mass is 16.6. The van der Waals surface area contributed by atoms with Crippen molar-refractivity contribution in [1.82, 2.24) is 24.6 Å². The fraction of sp³-hybridized carbons (Fsp3) is 0.556. The summed E-state index contributed by atoms with van der Waals surface area (Å²) in [7, 11) is 0. The Morgan fingerprint density at radius 3 is 2.38 bits per heavy atom. The van der Waals surface area contributed by atoms with Crippen LogP contribution in [0, 0.1) is 6.92 Å². The molecular formula is C36H46N6O6. The molecule has 0 saturated carbocycles. The number of nitrogens with one attached hydrogen (secondary N) is 2. The molecule has 3 fully saturated rings. The number of fused-ring (bicyclic) bond motifs is 2. The summed E-state index contributed by atoms with van der Waals surface area (Å²) in [4.78, 5) is 63.3. The molecule has 0 unspecified atom stereocenters. The van der Waals surface area contributed by atoms with Crippen LogP contribution in [0.15, 0.2) is 45.6 Å². The van der Waals surface area contributed by atoms with Crippen LogP contribution in [0.2, 0.25) is 0 Å². The van der Waals surface area contributed by atoms with E-state index in [1.54, 1.807) is 11.0 Å². The first-order valence-electron chi connectivity index (χ1n) is 17.6. The number of ether oxygens (including phenoxy) is 1. The number of anilines is 1. The van der Waals surface area contributed by atoms with E-state index in [0.717, 1.165) is 54.7 Å². The average Bonchev–Trinajstić information content (AvgIpc) is 3.40. The summed E-state index contributed by atoms with van der Waals surface area (Å²) in [6, 6.07) is 11.9. The third-order valence-electron chi connectivity index (χ3n) is 10.7. The lowest BCUT2D eigenvalue weighted by Crippen LogP contribution is -2.53. The molecule has 0 radical (unpaired) electrons. The molecule has 12 nitrogen and oxygen atoms in total. The number of likely N-dealkylation sites (tertiary alicyclic amines) is 3. The summed E-state index contributed by atoms with van der Waals surface area (Å²) in [5, 5.41) is 3.05. The van der Waals surface area contributed by atoms with Gasteiger partial charge >= 0.3 is 17.9 Å². The fourth-order valence-corrected chi connectivity index (χ4v) is 8.04. The Hall–Kier alpha value is -4.32. The number of aryl methyl sites for hydroxylation is 1. The number of amides is 4. The number of nitrogens with zero attached hydrogens (tertiary/aromatic N) is 4. The number of urea groups is 1. The van der Waals surface area contributed by atoms with E-state index in [1.807, 2.05) is 47.1 Å². The molecule has 4 aliphatic heterocycles. The van der Waals surface area contributed by atoms with Crippen molar-refractivity contribution < 1.29 is 23.5 Å². The highest BCUT2D eigenvalue weighted by Gasteiger charge is 2.36. The number of aromatic nitrogens is 1. The Kier molecular flexibility index (Phi) is 9.43. The van der Waals surface area contributed by atoms with E-state index < -0.39 is 18.0 Å². The molecule has 2 N–H and O–H groups in total. The number of carbonyl (C=O) groups is 3. The molecule has 2 aromatic carbocycles. The van der Waals surface area contributed by atoms with Crippen LogP contribution < -0.4 is 11.1 Å². The molecule has 1 aromatic heterocycles. The number of para-hydroxylation sites is 1. The largest absolute Gasteiger partial charge is 0.436 e. The van der Waals surface area contributed by atoms with Crippen LogP contribution >= 0.6 is 0 Å². The first-order chi connectivity index (χ1) is 23.3. The lowest BCUT2D eigenvalue weighted by Gasteiger charge is -2.41. The van der Waals surface area contributed by atoms with Crippen LogP contribution in [0.5, 0.6) is 0 Å². The number of rotatable bonds is 6. The Labute approximate surface area is 280 Å². The first-order valence-corrected chi connectivity index (χ1v) is 17.6. The number of H-pyrrole nitrogens is 1. The lowest BCUT2D eigenvalue weighted by atomic mass is 9.98. The van der Waals surface area contributed by atoms with Crippen molar-refractivity contribution in [3.05, 3.63) is 63.6 Å². The van der Waals surface area contributed by atoms with Crippen molar-refractivity contribution in [2.45, 2.75) is 82.9 Å². The minimum Gasteiger partial charge on any atom is -0.436 e. The maximum atomic E-state index is 14.1. The topological polar surface area (TPSA) is 131 Å². The van der Waals surface area contributed by atoms with Crippen LogP contribution in [-0.2, 0) is 22.4 Å². The van der Waals surface area contributed by atoms with Crippen LogP contribution in [-0.4, -0.2) is 107 Å². The van der Waals surface area contributed by atoms with E-state index in [2.05, 4.69) is 15.2 Å². The van der Waals surface area contributed by atoms with Gasteiger partial charge in [-0.15, -0.1) is 0 Å². The van der Waals surface area contributed by atoms with Crippen molar-refractivity contribution in [2.24, 2.45) is 0 Å². The number of carbonyl (C=O) groups excluding carboxylic acids is 3. The van der Waals surface area contributed by atoms with E-state index >= 15 is 0 Å². The van der Waals surface area contributed by atoms with Gasteiger partial charge in [0.25, 0.3) is 5.91 Å². The van der Waals surface area contributed by atoms with Crippen LogP contribution in [0.3, 0.4) is 0 Å². The fourth-order valence-electron chi connectivity index (χ4n) is 8.04. The Morgan fingerprint density at radius 1 is 0.896 bits per heavy atom. The predicted octanol–water partition coefficient (Wildman–Crippen LogP) is 4.51. The highest BCUT2D eigenvalue weighted by Crippen LogP contribution is 2.27. The zero-order valence-electron chi connectivity index (χ0n) is 27.7. The number of hydrogen-bond donors (Lipinski definition) is 2. The molecule has 0 bridgehead atoms. The number of piperidine rings is 3. The van der Waals surface area contributed by atoms with Gasteiger partial charge in [-0.25, -0.2) is 14.4 Å². The van der Waals surface area contributed by atoms with Crippen molar-refractivity contribution in [2.75, 3.05) is 51.1 Å². The molecule has 3 aromatic rings. The van der Waals surface area contributed by atoms with Crippen LogP contribution in [0.25, 0.3) is 11.1 Å². The first kappa shape index (κ1) is 32.2. The van der Waals surface area contributed by atoms with Crippen LogP contribution in [0.1, 0.15) is 61.6 Å². The average molecular weight is 659 g/mol. The number of aromatic amines is 1. The molecule has 1 atom stereocenters. The molecule has 0 spiro atoms. The quantitative estimate of drug-likeness (QED) is 0.399. The zero-order valence-corrected chi connectivity index (χ0v) is 27.7. The summed E-state index contributed by atoms with van der Waals surface area (Å²) in [5.74, 6) is -0.726. The molecule has 256 valence electrons. The van der Waals surface area contributed by atoms with Crippen molar-refractivity contribution >= 4 is 34.8 Å². The van der Waals surface area contributed by atoms with Gasteiger partial charge in [0.2, 0.25) is 0 Å². The molecule has 5 heterocycles. The Balaban J connectivity index is 1.01. The van der Waals surface area contributed by atoms with Crippen molar-refractivity contribution in [1.29, 1.82) is 0 Å². The van der Waals surface area contributed by atoms with Crippen molar-refractivity contribution in [3.63, 3.8) is 0 Å². The van der Waals surface area contributed by atoms with Gasteiger partial charge in [-0.1, -0.05) is 30.7 Å². The van der Waals surface area contributed by atoms with Gasteiger partial charge < -0.3 is 34.1 Å². The summed E-state index contributed by atoms with van der Waals surface area (Å²) in [6.07, 6.45) is 6.25. The second-order valence-electron chi connectivity index (χ2n) is 13.8. The van der Waals surface area contributed by atoms with Gasteiger partial charge in [0, 0.05) is 56.9 Å². The maximum absolute atomic E-state index is 14.1. The molecule has 4 aliphatic rings. The predicted molar refractivity (Wildman–Crippen MR) is 181 cm³/mol. The van der Waals surface area contributed by atoms with Crippen LogP contribution in [0.4, 0.5) is 15.3 Å². The third kappa shape index (κ3) is 6.94. The van der Waals surface area contributed by atoms with Gasteiger partial charge in [-0.05, 0) is 93.8 Å². The summed E-state index contributed by atoms with van der Waals surface area (Å²) < 4.78 is 11.4. The smallest absolute Gasteiger partial charge is 0.417 e. The minimum atomic E-state index is -1.01.